The minimum atomic E-state index is -0.345. The standard InChI is InChI=1S/C14H25N3O/c1-3-13-9-17(7-4-8-18-13)11-14(10-15,16-2)12-5-6-12/h12-13,16H,3-9,11H2,1-2H3. The Bertz CT molecular complexity index is 311. The van der Waals surface area contributed by atoms with Crippen LogP contribution < -0.4 is 5.32 Å². The van der Waals surface area contributed by atoms with E-state index in [1.807, 2.05) is 7.05 Å². The molecule has 0 aromatic carbocycles. The van der Waals surface area contributed by atoms with Crippen molar-refractivity contribution in [2.45, 2.75) is 44.2 Å². The quantitative estimate of drug-likeness (QED) is 0.802. The third-order valence-corrected chi connectivity index (χ3v) is 4.28. The van der Waals surface area contributed by atoms with Crippen molar-refractivity contribution in [3.05, 3.63) is 0 Å². The molecule has 0 aromatic rings. The van der Waals surface area contributed by atoms with Gasteiger partial charge in [0.25, 0.3) is 0 Å². The molecule has 1 N–H and O–H groups in total. The zero-order chi connectivity index (χ0) is 13.0. The highest BCUT2D eigenvalue weighted by molar-refractivity contribution is 5.16. The van der Waals surface area contributed by atoms with Crippen LogP contribution in [0.25, 0.3) is 0 Å². The molecule has 1 saturated carbocycles. The Balaban J connectivity index is 1.99. The first-order chi connectivity index (χ1) is 8.74. The summed E-state index contributed by atoms with van der Waals surface area (Å²) >= 11 is 0. The van der Waals surface area contributed by atoms with Crippen molar-refractivity contribution < 1.29 is 4.74 Å². The van der Waals surface area contributed by atoms with E-state index in [0.717, 1.165) is 39.1 Å². The van der Waals surface area contributed by atoms with E-state index < -0.39 is 0 Å². The lowest BCUT2D eigenvalue weighted by Gasteiger charge is -2.33. The van der Waals surface area contributed by atoms with Crippen molar-refractivity contribution in [1.82, 2.24) is 10.2 Å². The number of likely N-dealkylation sites (N-methyl/N-ethyl adjacent to an activating group) is 1. The maximum absolute atomic E-state index is 9.54. The Kier molecular flexibility index (Phi) is 4.60. The molecular weight excluding hydrogens is 226 g/mol. The molecule has 4 nitrogen and oxygen atoms in total. The van der Waals surface area contributed by atoms with E-state index in [2.05, 4.69) is 23.2 Å². The van der Waals surface area contributed by atoms with Gasteiger partial charge < -0.3 is 10.1 Å². The van der Waals surface area contributed by atoms with Crippen molar-refractivity contribution in [2.75, 3.05) is 33.3 Å². The van der Waals surface area contributed by atoms with Crippen molar-refractivity contribution in [1.29, 1.82) is 5.26 Å². The lowest BCUT2D eigenvalue weighted by molar-refractivity contribution is 0.0488. The summed E-state index contributed by atoms with van der Waals surface area (Å²) in [5, 5.41) is 12.8. The van der Waals surface area contributed by atoms with Gasteiger partial charge in [-0.25, -0.2) is 0 Å². The normalized spacial score (nSPS) is 29.3. The summed E-state index contributed by atoms with van der Waals surface area (Å²) in [4.78, 5) is 2.42. The van der Waals surface area contributed by atoms with Gasteiger partial charge in [-0.15, -0.1) is 0 Å². The third kappa shape index (κ3) is 3.03. The van der Waals surface area contributed by atoms with E-state index in [-0.39, 0.29) is 5.54 Å². The predicted octanol–water partition coefficient (Wildman–Crippen LogP) is 1.38. The maximum atomic E-state index is 9.54. The van der Waals surface area contributed by atoms with Gasteiger partial charge in [0.15, 0.2) is 0 Å². The van der Waals surface area contributed by atoms with E-state index in [1.165, 1.54) is 12.8 Å². The highest BCUT2D eigenvalue weighted by atomic mass is 16.5. The third-order valence-electron chi connectivity index (χ3n) is 4.28. The number of ether oxygens (including phenoxy) is 1. The average Bonchev–Trinajstić information content (AvgIpc) is 3.23. The molecule has 2 aliphatic rings. The lowest BCUT2D eigenvalue weighted by Crippen LogP contribution is -2.54. The molecule has 2 rings (SSSR count). The van der Waals surface area contributed by atoms with Crippen LogP contribution in [0.15, 0.2) is 0 Å². The Hall–Kier alpha value is -0.630. The molecular formula is C14H25N3O. The Labute approximate surface area is 110 Å². The zero-order valence-electron chi connectivity index (χ0n) is 11.6. The van der Waals surface area contributed by atoms with Crippen LogP contribution in [0.3, 0.4) is 0 Å². The van der Waals surface area contributed by atoms with Gasteiger partial charge in [-0.2, -0.15) is 5.26 Å². The maximum Gasteiger partial charge on any atom is 0.122 e. The summed E-state index contributed by atoms with van der Waals surface area (Å²) in [5.41, 5.74) is -0.345. The number of rotatable bonds is 5. The van der Waals surface area contributed by atoms with Crippen LogP contribution in [-0.4, -0.2) is 49.8 Å². The van der Waals surface area contributed by atoms with Crippen LogP contribution in [0.2, 0.25) is 0 Å². The van der Waals surface area contributed by atoms with Crippen LogP contribution >= 0.6 is 0 Å². The Morgan fingerprint density at radius 1 is 1.50 bits per heavy atom. The fourth-order valence-corrected chi connectivity index (χ4v) is 2.88. The SMILES string of the molecule is CCC1CN(CC(C#N)(NC)C2CC2)CCCO1. The van der Waals surface area contributed by atoms with Crippen LogP contribution in [0, 0.1) is 17.2 Å². The van der Waals surface area contributed by atoms with Crippen molar-refractivity contribution >= 4 is 0 Å². The monoisotopic (exact) mass is 251 g/mol. The van der Waals surface area contributed by atoms with Crippen LogP contribution in [0.1, 0.15) is 32.6 Å². The van der Waals surface area contributed by atoms with E-state index in [1.54, 1.807) is 0 Å². The number of nitrogens with zero attached hydrogens (tertiary/aromatic N) is 2. The first kappa shape index (κ1) is 13.8. The molecule has 1 saturated heterocycles. The van der Waals surface area contributed by atoms with Gasteiger partial charge in [0, 0.05) is 26.2 Å². The molecule has 4 heteroatoms. The zero-order valence-corrected chi connectivity index (χ0v) is 11.6. The highest BCUT2D eigenvalue weighted by Gasteiger charge is 2.45. The molecule has 0 radical (unpaired) electrons. The summed E-state index contributed by atoms with van der Waals surface area (Å²) in [6, 6.07) is 2.53. The summed E-state index contributed by atoms with van der Waals surface area (Å²) < 4.78 is 5.80. The predicted molar refractivity (Wildman–Crippen MR) is 71.2 cm³/mol. The van der Waals surface area contributed by atoms with Crippen molar-refractivity contribution in [2.24, 2.45) is 5.92 Å². The van der Waals surface area contributed by atoms with Crippen LogP contribution in [-0.2, 0) is 4.74 Å². The van der Waals surface area contributed by atoms with E-state index in [0.29, 0.717) is 12.0 Å². The topological polar surface area (TPSA) is 48.3 Å². The van der Waals surface area contributed by atoms with Gasteiger partial charge in [0.05, 0.1) is 12.2 Å². The van der Waals surface area contributed by atoms with Gasteiger partial charge >= 0.3 is 0 Å². The molecule has 0 spiro atoms. The van der Waals surface area contributed by atoms with E-state index in [9.17, 15) is 5.26 Å². The molecule has 1 heterocycles. The van der Waals surface area contributed by atoms with Crippen LogP contribution in [0.4, 0.5) is 0 Å². The number of hydrogen-bond donors (Lipinski definition) is 1. The average molecular weight is 251 g/mol. The largest absolute Gasteiger partial charge is 0.377 e. The Morgan fingerprint density at radius 3 is 2.83 bits per heavy atom. The molecule has 0 bridgehead atoms. The molecule has 0 aromatic heterocycles. The molecule has 2 unspecified atom stereocenters. The van der Waals surface area contributed by atoms with Gasteiger partial charge in [-0.05, 0) is 38.6 Å². The summed E-state index contributed by atoms with van der Waals surface area (Å²) in [6.45, 7) is 5.88. The first-order valence-corrected chi connectivity index (χ1v) is 7.18. The molecule has 1 aliphatic heterocycles. The second kappa shape index (κ2) is 6.01. The highest BCUT2D eigenvalue weighted by Crippen LogP contribution is 2.39. The van der Waals surface area contributed by atoms with Crippen molar-refractivity contribution in [3.8, 4) is 6.07 Å². The van der Waals surface area contributed by atoms with Gasteiger partial charge in [-0.1, -0.05) is 6.92 Å². The minimum Gasteiger partial charge on any atom is -0.377 e. The molecule has 2 fully saturated rings. The lowest BCUT2D eigenvalue weighted by atomic mass is 9.94. The first-order valence-electron chi connectivity index (χ1n) is 7.18. The number of nitrogens with one attached hydrogen (secondary N) is 1. The summed E-state index contributed by atoms with van der Waals surface area (Å²) in [5.74, 6) is 0.539. The summed E-state index contributed by atoms with van der Waals surface area (Å²) in [6.07, 6.45) is 4.84. The second-order valence-corrected chi connectivity index (χ2v) is 5.60. The Morgan fingerprint density at radius 2 is 2.28 bits per heavy atom. The molecule has 102 valence electrons. The van der Waals surface area contributed by atoms with Gasteiger partial charge in [0.1, 0.15) is 5.54 Å². The fourth-order valence-electron chi connectivity index (χ4n) is 2.88. The van der Waals surface area contributed by atoms with E-state index >= 15 is 0 Å². The number of hydrogen-bond acceptors (Lipinski definition) is 4. The molecule has 2 atom stereocenters. The summed E-state index contributed by atoms with van der Waals surface area (Å²) in [7, 11) is 1.92. The van der Waals surface area contributed by atoms with Gasteiger partial charge in [-0.3, -0.25) is 4.90 Å². The smallest absolute Gasteiger partial charge is 0.122 e. The van der Waals surface area contributed by atoms with Gasteiger partial charge in [0.2, 0.25) is 0 Å². The molecule has 1 aliphatic carbocycles. The number of nitriles is 1. The second-order valence-electron chi connectivity index (χ2n) is 5.60. The van der Waals surface area contributed by atoms with Crippen LogP contribution in [0.5, 0.6) is 0 Å². The fraction of sp³-hybridized carbons (Fsp3) is 0.929. The molecule has 0 amide bonds. The van der Waals surface area contributed by atoms with Crippen molar-refractivity contribution in [3.63, 3.8) is 0 Å². The minimum absolute atomic E-state index is 0.333. The van der Waals surface area contributed by atoms with E-state index in [4.69, 9.17) is 4.74 Å². The molecule has 18 heavy (non-hydrogen) atoms.